The van der Waals surface area contributed by atoms with Crippen LogP contribution < -0.4 is 4.84 Å². The largest absolute Gasteiger partial charge is 0.416 e. The van der Waals surface area contributed by atoms with Gasteiger partial charge in [-0.2, -0.15) is 20.4 Å². The zero-order valence-electron chi connectivity index (χ0n) is 14.8. The molecule has 0 bridgehead atoms. The van der Waals surface area contributed by atoms with E-state index >= 15 is 0 Å². The molecule has 2 aromatic heterocycles. The lowest BCUT2D eigenvalue weighted by molar-refractivity contribution is 0.183. The van der Waals surface area contributed by atoms with E-state index in [9.17, 15) is 10.5 Å². The third-order valence-electron chi connectivity index (χ3n) is 4.58. The smallest absolute Gasteiger partial charge is 0.104 e. The summed E-state index contributed by atoms with van der Waals surface area (Å²) in [7, 11) is 1.58. The molecule has 6 nitrogen and oxygen atoms in total. The van der Waals surface area contributed by atoms with Crippen molar-refractivity contribution in [2.45, 2.75) is 6.92 Å². The zero-order valence-corrected chi connectivity index (χ0v) is 14.8. The van der Waals surface area contributed by atoms with Crippen LogP contribution in [0.4, 0.5) is 0 Å². The third kappa shape index (κ3) is 2.52. The van der Waals surface area contributed by atoms with Crippen LogP contribution in [0.25, 0.3) is 33.4 Å². The molecule has 0 aliphatic rings. The van der Waals surface area contributed by atoms with Gasteiger partial charge in [0.25, 0.3) is 0 Å². The summed E-state index contributed by atoms with van der Waals surface area (Å²) in [6, 6.07) is 17.6. The Bertz CT molecular complexity index is 1220. The maximum Gasteiger partial charge on any atom is 0.104 e. The number of nitrogens with one attached hydrogen (secondary N) is 1. The Labute approximate surface area is 155 Å². The lowest BCUT2D eigenvalue weighted by atomic mass is 9.99. The van der Waals surface area contributed by atoms with Crippen molar-refractivity contribution in [2.24, 2.45) is 0 Å². The molecule has 0 atom stereocenters. The topological polar surface area (TPSA) is 90.4 Å². The van der Waals surface area contributed by atoms with E-state index in [1.165, 1.54) is 0 Å². The normalized spacial score (nSPS) is 10.5. The van der Waals surface area contributed by atoms with Crippen LogP contribution in [-0.2, 0) is 0 Å². The quantitative estimate of drug-likeness (QED) is 0.606. The second kappa shape index (κ2) is 6.36. The molecule has 0 spiro atoms. The van der Waals surface area contributed by atoms with Gasteiger partial charge in [0.15, 0.2) is 0 Å². The first-order valence-corrected chi connectivity index (χ1v) is 8.32. The molecule has 2 heterocycles. The van der Waals surface area contributed by atoms with E-state index in [0.717, 1.165) is 33.5 Å². The fourth-order valence-corrected chi connectivity index (χ4v) is 3.32. The summed E-state index contributed by atoms with van der Waals surface area (Å²) in [5, 5.41) is 26.8. The minimum absolute atomic E-state index is 0.312. The predicted molar refractivity (Wildman–Crippen MR) is 102 cm³/mol. The first-order chi connectivity index (χ1) is 13.2. The van der Waals surface area contributed by atoms with Crippen LogP contribution in [0.5, 0.6) is 0 Å². The predicted octanol–water partition coefficient (Wildman–Crippen LogP) is 3.81. The number of nitrogens with zero attached hydrogens (tertiary/aromatic N) is 4. The fraction of sp³-hybridized carbons (Fsp3) is 0.0952. The summed E-state index contributed by atoms with van der Waals surface area (Å²) in [4.78, 5) is 5.69. The molecule has 0 radical (unpaired) electrons. The molecule has 0 saturated heterocycles. The highest BCUT2D eigenvalue weighted by Crippen LogP contribution is 2.40. The summed E-state index contributed by atoms with van der Waals surface area (Å²) < 4.78 is 1.69. The van der Waals surface area contributed by atoms with Crippen molar-refractivity contribution < 1.29 is 4.84 Å². The number of fused-ring (bicyclic) bond motifs is 1. The fourth-order valence-electron chi connectivity index (χ4n) is 3.32. The lowest BCUT2D eigenvalue weighted by Crippen LogP contribution is -2.07. The van der Waals surface area contributed by atoms with E-state index in [2.05, 4.69) is 22.3 Å². The molecule has 0 unspecified atom stereocenters. The number of rotatable bonds is 3. The van der Waals surface area contributed by atoms with Gasteiger partial charge in [0, 0.05) is 22.7 Å². The number of nitriles is 2. The van der Waals surface area contributed by atoms with E-state index < -0.39 is 0 Å². The van der Waals surface area contributed by atoms with Crippen LogP contribution in [0.3, 0.4) is 0 Å². The van der Waals surface area contributed by atoms with Crippen molar-refractivity contribution >= 4 is 10.9 Å². The number of benzene rings is 2. The SMILES string of the molecule is COn1c(-c2ccc(C)cc2)c(-c2ccn[nH]2)c2cc(C#N)c(C#N)cc21. The van der Waals surface area contributed by atoms with Crippen molar-refractivity contribution in [3.8, 4) is 34.7 Å². The van der Waals surface area contributed by atoms with Gasteiger partial charge in [-0.15, -0.1) is 0 Å². The Kier molecular flexibility index (Phi) is 3.87. The highest BCUT2D eigenvalue weighted by molar-refractivity contribution is 6.04. The highest BCUT2D eigenvalue weighted by atomic mass is 16.6. The number of hydrogen-bond donors (Lipinski definition) is 1. The Morgan fingerprint density at radius 2 is 1.74 bits per heavy atom. The maximum absolute atomic E-state index is 9.45. The molecular weight excluding hydrogens is 338 g/mol. The summed E-state index contributed by atoms with van der Waals surface area (Å²) in [5.74, 6) is 0. The minimum atomic E-state index is 0.312. The van der Waals surface area contributed by atoms with Crippen LogP contribution in [0, 0.1) is 29.6 Å². The molecule has 130 valence electrons. The molecule has 0 saturated carbocycles. The van der Waals surface area contributed by atoms with Crippen LogP contribution >= 0.6 is 0 Å². The number of aromatic amines is 1. The Balaban J connectivity index is 2.18. The van der Waals surface area contributed by atoms with Gasteiger partial charge in [0.1, 0.15) is 19.2 Å². The molecule has 4 rings (SSSR count). The summed E-state index contributed by atoms with van der Waals surface area (Å²) in [6.45, 7) is 2.03. The third-order valence-corrected chi connectivity index (χ3v) is 4.58. The number of aryl methyl sites for hydroxylation is 1. The van der Waals surface area contributed by atoms with Gasteiger partial charge in [-0.05, 0) is 25.1 Å². The zero-order chi connectivity index (χ0) is 19.0. The second-order valence-corrected chi connectivity index (χ2v) is 6.18. The molecule has 1 N–H and O–H groups in total. The summed E-state index contributed by atoms with van der Waals surface area (Å²) in [5.41, 5.74) is 5.97. The van der Waals surface area contributed by atoms with Gasteiger partial charge in [0.05, 0.1) is 28.0 Å². The Hall–Kier alpha value is -4.03. The van der Waals surface area contributed by atoms with Gasteiger partial charge in [0.2, 0.25) is 0 Å². The average Bonchev–Trinajstić information content (AvgIpc) is 3.32. The van der Waals surface area contributed by atoms with Crippen molar-refractivity contribution in [3.63, 3.8) is 0 Å². The average molecular weight is 353 g/mol. The first kappa shape index (κ1) is 16.4. The molecule has 0 amide bonds. The number of H-pyrrole nitrogens is 1. The van der Waals surface area contributed by atoms with E-state index in [1.807, 2.05) is 37.3 Å². The molecule has 4 aromatic rings. The van der Waals surface area contributed by atoms with Gasteiger partial charge in [-0.25, -0.2) is 0 Å². The van der Waals surface area contributed by atoms with E-state index in [0.29, 0.717) is 16.6 Å². The van der Waals surface area contributed by atoms with Crippen molar-refractivity contribution in [3.05, 3.63) is 65.4 Å². The van der Waals surface area contributed by atoms with Crippen LogP contribution in [0.2, 0.25) is 0 Å². The van der Waals surface area contributed by atoms with E-state index in [1.54, 1.807) is 30.2 Å². The molecule has 27 heavy (non-hydrogen) atoms. The number of hydrogen-bond acceptors (Lipinski definition) is 4. The summed E-state index contributed by atoms with van der Waals surface area (Å²) >= 11 is 0. The monoisotopic (exact) mass is 353 g/mol. The molecule has 2 aromatic carbocycles. The highest BCUT2D eigenvalue weighted by Gasteiger charge is 2.23. The molecule has 0 aliphatic carbocycles. The first-order valence-electron chi connectivity index (χ1n) is 8.32. The van der Waals surface area contributed by atoms with Crippen LogP contribution in [0.1, 0.15) is 16.7 Å². The summed E-state index contributed by atoms with van der Waals surface area (Å²) in [6.07, 6.45) is 1.68. The van der Waals surface area contributed by atoms with Gasteiger partial charge in [-0.1, -0.05) is 29.8 Å². The maximum atomic E-state index is 9.45. The molecule has 6 heteroatoms. The molecule has 0 fully saturated rings. The van der Waals surface area contributed by atoms with Crippen molar-refractivity contribution in [1.82, 2.24) is 14.9 Å². The van der Waals surface area contributed by atoms with Crippen molar-refractivity contribution in [1.29, 1.82) is 10.5 Å². The van der Waals surface area contributed by atoms with Gasteiger partial charge < -0.3 is 4.84 Å². The second-order valence-electron chi connectivity index (χ2n) is 6.18. The van der Waals surface area contributed by atoms with Gasteiger partial charge in [-0.3, -0.25) is 5.10 Å². The number of aromatic nitrogens is 3. The van der Waals surface area contributed by atoms with Crippen molar-refractivity contribution in [2.75, 3.05) is 7.11 Å². The minimum Gasteiger partial charge on any atom is -0.416 e. The van der Waals surface area contributed by atoms with E-state index in [4.69, 9.17) is 4.84 Å². The molecule has 0 aliphatic heterocycles. The van der Waals surface area contributed by atoms with Crippen LogP contribution in [-0.4, -0.2) is 22.0 Å². The lowest BCUT2D eigenvalue weighted by Gasteiger charge is -2.10. The van der Waals surface area contributed by atoms with Crippen LogP contribution in [0.15, 0.2) is 48.7 Å². The van der Waals surface area contributed by atoms with Gasteiger partial charge >= 0.3 is 0 Å². The van der Waals surface area contributed by atoms with E-state index in [-0.39, 0.29) is 0 Å². The molecular formula is C21H15N5O. The standard InChI is InChI=1S/C21H15N5O/c1-13-3-5-14(6-4-13)21-20(18-7-8-24-25-18)17-9-15(11-22)16(12-23)10-19(17)26(21)27-2/h3-10H,1-2H3,(H,24,25). The Morgan fingerprint density at radius 1 is 1.04 bits per heavy atom. The Morgan fingerprint density at radius 3 is 2.33 bits per heavy atom.